The van der Waals surface area contributed by atoms with E-state index in [1.807, 2.05) is 24.3 Å². The number of ether oxygens (including phenoxy) is 1. The summed E-state index contributed by atoms with van der Waals surface area (Å²) in [5.41, 5.74) is 1.18. The Morgan fingerprint density at radius 1 is 1.04 bits per heavy atom. The number of amides is 1. The maximum atomic E-state index is 12.6. The first-order valence-electron chi connectivity index (χ1n) is 10.4. The van der Waals surface area contributed by atoms with Crippen molar-refractivity contribution in [3.63, 3.8) is 0 Å². The number of likely N-dealkylation sites (tertiary alicyclic amines) is 1. The minimum atomic E-state index is 0.325. The first-order valence-corrected chi connectivity index (χ1v) is 10.8. The Hall–Kier alpha value is -1.86. The van der Waals surface area contributed by atoms with Gasteiger partial charge in [-0.2, -0.15) is 0 Å². The SMILES string of the molecule is COc1ccc(CNC(=S)N2CC[NH+](CC(=O)N3CCCCCC3)CC2)cc1. The number of nitrogens with one attached hydrogen (secondary N) is 2. The van der Waals surface area contributed by atoms with Gasteiger partial charge in [0.2, 0.25) is 0 Å². The first-order chi connectivity index (χ1) is 13.7. The molecule has 2 saturated heterocycles. The maximum absolute atomic E-state index is 12.6. The summed E-state index contributed by atoms with van der Waals surface area (Å²) in [6.07, 6.45) is 4.83. The summed E-state index contributed by atoms with van der Waals surface area (Å²) < 4.78 is 5.19. The van der Waals surface area contributed by atoms with Crippen molar-refractivity contribution in [2.24, 2.45) is 0 Å². The molecule has 1 aromatic carbocycles. The van der Waals surface area contributed by atoms with Crippen LogP contribution in [0.15, 0.2) is 24.3 Å². The fourth-order valence-corrected chi connectivity index (χ4v) is 4.14. The Bertz CT molecular complexity index is 636. The van der Waals surface area contributed by atoms with Crippen molar-refractivity contribution >= 4 is 23.2 Å². The molecule has 0 aliphatic carbocycles. The summed E-state index contributed by atoms with van der Waals surface area (Å²) >= 11 is 5.57. The summed E-state index contributed by atoms with van der Waals surface area (Å²) in [7, 11) is 1.67. The molecule has 2 N–H and O–H groups in total. The number of piperazine rings is 1. The molecule has 0 spiro atoms. The fourth-order valence-electron chi connectivity index (χ4n) is 3.88. The molecule has 0 atom stereocenters. The van der Waals surface area contributed by atoms with E-state index < -0.39 is 0 Å². The highest BCUT2D eigenvalue weighted by atomic mass is 32.1. The number of thiocarbonyl (C=S) groups is 1. The summed E-state index contributed by atoms with van der Waals surface area (Å²) in [5.74, 6) is 1.19. The summed E-state index contributed by atoms with van der Waals surface area (Å²) in [4.78, 5) is 18.3. The molecule has 28 heavy (non-hydrogen) atoms. The lowest BCUT2D eigenvalue weighted by Crippen LogP contribution is -3.15. The van der Waals surface area contributed by atoms with Gasteiger partial charge in [0.1, 0.15) is 5.75 Å². The van der Waals surface area contributed by atoms with Gasteiger partial charge in [-0.25, -0.2) is 0 Å². The Morgan fingerprint density at radius 2 is 1.68 bits per heavy atom. The highest BCUT2D eigenvalue weighted by Crippen LogP contribution is 2.11. The molecule has 0 radical (unpaired) electrons. The Balaban J connectivity index is 1.37. The smallest absolute Gasteiger partial charge is 0.277 e. The molecular weight excluding hydrogens is 372 g/mol. The van der Waals surface area contributed by atoms with Crippen molar-refractivity contribution in [1.82, 2.24) is 15.1 Å². The lowest BCUT2D eigenvalue weighted by molar-refractivity contribution is -0.896. The van der Waals surface area contributed by atoms with E-state index in [0.29, 0.717) is 19.0 Å². The Kier molecular flexibility index (Phi) is 7.91. The molecule has 2 fully saturated rings. The van der Waals surface area contributed by atoms with Crippen molar-refractivity contribution < 1.29 is 14.4 Å². The third-order valence-electron chi connectivity index (χ3n) is 5.72. The first kappa shape index (κ1) is 20.9. The standard InChI is InChI=1S/C21H32N4O2S/c1-27-19-8-6-18(7-9-19)16-22-21(28)25-14-12-23(13-15-25)17-20(26)24-10-4-2-3-5-11-24/h6-9H,2-5,10-17H2,1H3,(H,22,28)/p+1. The number of rotatable bonds is 5. The second kappa shape index (κ2) is 10.6. The topological polar surface area (TPSA) is 49.3 Å². The van der Waals surface area contributed by atoms with Crippen LogP contribution in [-0.4, -0.2) is 73.7 Å². The molecule has 3 rings (SSSR count). The highest BCUT2D eigenvalue weighted by Gasteiger charge is 2.26. The summed E-state index contributed by atoms with van der Waals surface area (Å²) in [6.45, 7) is 6.94. The molecular formula is C21H33N4O2S+. The normalized spacial score (nSPS) is 18.5. The van der Waals surface area contributed by atoms with E-state index >= 15 is 0 Å². The zero-order chi connectivity index (χ0) is 19.8. The second-order valence-electron chi connectivity index (χ2n) is 7.72. The number of benzene rings is 1. The van der Waals surface area contributed by atoms with Gasteiger partial charge in [0.05, 0.1) is 33.3 Å². The van der Waals surface area contributed by atoms with E-state index in [-0.39, 0.29) is 0 Å². The molecule has 2 aliphatic rings. The lowest BCUT2D eigenvalue weighted by atomic mass is 10.2. The molecule has 0 saturated carbocycles. The van der Waals surface area contributed by atoms with Crippen LogP contribution in [0, 0.1) is 0 Å². The van der Waals surface area contributed by atoms with Crippen molar-refractivity contribution in [3.8, 4) is 5.75 Å². The minimum absolute atomic E-state index is 0.325. The van der Waals surface area contributed by atoms with Gasteiger partial charge in [0.25, 0.3) is 5.91 Å². The van der Waals surface area contributed by atoms with E-state index in [2.05, 4.69) is 15.1 Å². The van der Waals surface area contributed by atoms with Crippen LogP contribution in [0.2, 0.25) is 0 Å². The van der Waals surface area contributed by atoms with Crippen LogP contribution in [0.5, 0.6) is 5.75 Å². The monoisotopic (exact) mass is 405 g/mol. The van der Waals surface area contributed by atoms with Crippen LogP contribution in [0.4, 0.5) is 0 Å². The molecule has 0 unspecified atom stereocenters. The average Bonchev–Trinajstić information content (AvgIpc) is 3.02. The second-order valence-corrected chi connectivity index (χ2v) is 8.10. The van der Waals surface area contributed by atoms with Crippen LogP contribution >= 0.6 is 12.2 Å². The van der Waals surface area contributed by atoms with Gasteiger partial charge in [0, 0.05) is 19.6 Å². The predicted octanol–water partition coefficient (Wildman–Crippen LogP) is 0.673. The van der Waals surface area contributed by atoms with Crippen LogP contribution in [0.1, 0.15) is 31.2 Å². The van der Waals surface area contributed by atoms with E-state index in [9.17, 15) is 4.79 Å². The molecule has 2 aliphatic heterocycles. The van der Waals surface area contributed by atoms with Gasteiger partial charge in [0.15, 0.2) is 11.7 Å². The van der Waals surface area contributed by atoms with Crippen molar-refractivity contribution in [2.75, 3.05) is 52.9 Å². The predicted molar refractivity (Wildman–Crippen MR) is 115 cm³/mol. The molecule has 1 aromatic rings. The van der Waals surface area contributed by atoms with E-state index in [0.717, 1.165) is 63.0 Å². The van der Waals surface area contributed by atoms with Crippen molar-refractivity contribution in [1.29, 1.82) is 0 Å². The largest absolute Gasteiger partial charge is 0.497 e. The van der Waals surface area contributed by atoms with Crippen molar-refractivity contribution in [2.45, 2.75) is 32.2 Å². The number of hydrogen-bond acceptors (Lipinski definition) is 3. The Morgan fingerprint density at radius 3 is 2.29 bits per heavy atom. The maximum Gasteiger partial charge on any atom is 0.277 e. The van der Waals surface area contributed by atoms with Crippen LogP contribution in [0.25, 0.3) is 0 Å². The molecule has 7 heteroatoms. The van der Waals surface area contributed by atoms with Crippen LogP contribution < -0.4 is 15.0 Å². The van der Waals surface area contributed by atoms with Gasteiger partial charge in [-0.15, -0.1) is 0 Å². The number of quaternary nitrogens is 1. The number of carbonyl (C=O) groups is 1. The van der Waals surface area contributed by atoms with Gasteiger partial charge in [-0.1, -0.05) is 25.0 Å². The van der Waals surface area contributed by atoms with E-state index in [1.54, 1.807) is 7.11 Å². The molecule has 154 valence electrons. The molecule has 0 bridgehead atoms. The number of carbonyl (C=O) groups excluding carboxylic acids is 1. The van der Waals surface area contributed by atoms with Gasteiger partial charge < -0.3 is 24.8 Å². The number of methoxy groups -OCH3 is 1. The van der Waals surface area contributed by atoms with Gasteiger partial charge >= 0.3 is 0 Å². The van der Waals surface area contributed by atoms with E-state index in [1.165, 1.54) is 23.3 Å². The molecule has 0 aromatic heterocycles. The lowest BCUT2D eigenvalue weighted by Gasteiger charge is -2.34. The third kappa shape index (κ3) is 6.07. The quantitative estimate of drug-likeness (QED) is 0.706. The molecule has 1 amide bonds. The van der Waals surface area contributed by atoms with Crippen molar-refractivity contribution in [3.05, 3.63) is 29.8 Å². The Labute approximate surface area is 173 Å². The summed E-state index contributed by atoms with van der Waals surface area (Å²) in [5, 5.41) is 4.15. The fraction of sp³-hybridized carbons (Fsp3) is 0.619. The molecule has 2 heterocycles. The van der Waals surface area contributed by atoms with Crippen LogP contribution in [-0.2, 0) is 11.3 Å². The zero-order valence-electron chi connectivity index (χ0n) is 16.9. The van der Waals surface area contributed by atoms with E-state index in [4.69, 9.17) is 17.0 Å². The van der Waals surface area contributed by atoms with Gasteiger partial charge in [-0.05, 0) is 42.8 Å². The minimum Gasteiger partial charge on any atom is -0.497 e. The van der Waals surface area contributed by atoms with Crippen LogP contribution in [0.3, 0.4) is 0 Å². The number of nitrogens with zero attached hydrogens (tertiary/aromatic N) is 2. The number of hydrogen-bond donors (Lipinski definition) is 2. The summed E-state index contributed by atoms with van der Waals surface area (Å²) in [6, 6.07) is 8.02. The average molecular weight is 406 g/mol. The zero-order valence-corrected chi connectivity index (χ0v) is 17.7. The third-order valence-corrected chi connectivity index (χ3v) is 6.12. The van der Waals surface area contributed by atoms with Gasteiger partial charge in [-0.3, -0.25) is 4.79 Å². The molecule has 6 nitrogen and oxygen atoms in total. The highest BCUT2D eigenvalue weighted by molar-refractivity contribution is 7.80.